The largest absolute Gasteiger partial charge is 0.0619 e. The second-order valence-electron chi connectivity index (χ2n) is 5.00. The minimum Gasteiger partial charge on any atom is -0.0619 e. The molecule has 0 nitrogen and oxygen atoms in total. The third-order valence-electron chi connectivity index (χ3n) is 4.20. The van der Waals surface area contributed by atoms with Crippen LogP contribution in [0.5, 0.6) is 0 Å². The molecule has 0 saturated heterocycles. The molecule has 0 aliphatic heterocycles. The van der Waals surface area contributed by atoms with Gasteiger partial charge in [-0.2, -0.15) is 0 Å². The zero-order valence-corrected chi connectivity index (χ0v) is 10.8. The molecule has 0 bridgehead atoms. The lowest BCUT2D eigenvalue weighted by Gasteiger charge is -2.13. The van der Waals surface area contributed by atoms with E-state index in [-0.39, 0.29) is 0 Å². The van der Waals surface area contributed by atoms with Crippen LogP contribution in [0.4, 0.5) is 0 Å². The summed E-state index contributed by atoms with van der Waals surface area (Å²) in [5.41, 5.74) is 10.4. The Balaban J connectivity index is 2.30. The van der Waals surface area contributed by atoms with Gasteiger partial charge in [-0.15, -0.1) is 0 Å². The van der Waals surface area contributed by atoms with Crippen molar-refractivity contribution in [3.8, 4) is 11.1 Å². The van der Waals surface area contributed by atoms with Gasteiger partial charge in [0.25, 0.3) is 0 Å². The normalized spacial score (nSPS) is 12.4. The third kappa shape index (κ3) is 1.44. The van der Waals surface area contributed by atoms with Crippen molar-refractivity contribution in [2.24, 2.45) is 0 Å². The lowest BCUT2D eigenvalue weighted by atomic mass is 9.92. The van der Waals surface area contributed by atoms with E-state index in [1.807, 2.05) is 0 Å². The van der Waals surface area contributed by atoms with E-state index in [9.17, 15) is 0 Å². The molecular formula is C17H18. The van der Waals surface area contributed by atoms with Gasteiger partial charge >= 0.3 is 0 Å². The highest BCUT2D eigenvalue weighted by molar-refractivity contribution is 5.79. The molecule has 0 amide bonds. The highest BCUT2D eigenvalue weighted by atomic mass is 14.2. The van der Waals surface area contributed by atoms with Gasteiger partial charge in [-0.1, -0.05) is 37.3 Å². The van der Waals surface area contributed by atoms with Gasteiger partial charge in [0, 0.05) is 0 Å². The maximum Gasteiger partial charge on any atom is -0.00107 e. The number of benzene rings is 2. The van der Waals surface area contributed by atoms with Crippen molar-refractivity contribution in [3.63, 3.8) is 0 Å². The molecule has 0 aromatic heterocycles. The summed E-state index contributed by atoms with van der Waals surface area (Å²) in [6.45, 7) is 6.78. The van der Waals surface area contributed by atoms with Gasteiger partial charge in [0.05, 0.1) is 0 Å². The summed E-state index contributed by atoms with van der Waals surface area (Å²) in [6, 6.07) is 11.2. The van der Waals surface area contributed by atoms with Gasteiger partial charge in [-0.05, 0) is 65.6 Å². The maximum atomic E-state index is 2.41. The van der Waals surface area contributed by atoms with Crippen LogP contribution in [0.15, 0.2) is 30.3 Å². The smallest absolute Gasteiger partial charge is 0.00107 e. The van der Waals surface area contributed by atoms with Gasteiger partial charge in [-0.25, -0.2) is 0 Å². The molecule has 0 heteroatoms. The van der Waals surface area contributed by atoms with Crippen LogP contribution in [-0.2, 0) is 12.8 Å². The van der Waals surface area contributed by atoms with E-state index in [1.54, 1.807) is 5.56 Å². The van der Waals surface area contributed by atoms with Crippen molar-refractivity contribution >= 4 is 0 Å². The zero-order valence-electron chi connectivity index (χ0n) is 10.8. The standard InChI is InChI=1S/C17H18/c1-4-13-9-17-15-8-6-5-7-14(15)10-16(17)12(3)11(13)2/h5-9H,4,10H2,1-3H3. The Morgan fingerprint density at radius 2 is 1.76 bits per heavy atom. The molecule has 3 rings (SSSR count). The fraction of sp³-hybridized carbons (Fsp3) is 0.294. The van der Waals surface area contributed by atoms with Crippen molar-refractivity contribution in [2.75, 3.05) is 0 Å². The summed E-state index contributed by atoms with van der Waals surface area (Å²) in [5, 5.41) is 0. The second kappa shape index (κ2) is 3.73. The molecule has 0 spiro atoms. The maximum absolute atomic E-state index is 2.41. The molecule has 0 heterocycles. The highest BCUT2D eigenvalue weighted by Crippen LogP contribution is 2.40. The van der Waals surface area contributed by atoms with Gasteiger partial charge in [0.15, 0.2) is 0 Å². The van der Waals surface area contributed by atoms with E-state index in [0.29, 0.717) is 0 Å². The van der Waals surface area contributed by atoms with Gasteiger partial charge in [-0.3, -0.25) is 0 Å². The minimum atomic E-state index is 1.11. The molecular weight excluding hydrogens is 204 g/mol. The van der Waals surface area contributed by atoms with E-state index >= 15 is 0 Å². The molecule has 1 aliphatic carbocycles. The summed E-state index contributed by atoms with van der Waals surface area (Å²) in [5.74, 6) is 0. The first-order chi connectivity index (χ1) is 8.22. The van der Waals surface area contributed by atoms with Crippen LogP contribution in [0, 0.1) is 13.8 Å². The molecule has 2 aromatic carbocycles. The summed E-state index contributed by atoms with van der Waals surface area (Å²) in [4.78, 5) is 0. The van der Waals surface area contributed by atoms with E-state index in [0.717, 1.165) is 12.8 Å². The first kappa shape index (κ1) is 10.6. The Labute approximate surface area is 103 Å². The van der Waals surface area contributed by atoms with E-state index in [4.69, 9.17) is 0 Å². The zero-order chi connectivity index (χ0) is 12.0. The van der Waals surface area contributed by atoms with Crippen LogP contribution >= 0.6 is 0 Å². The Kier molecular flexibility index (Phi) is 2.32. The minimum absolute atomic E-state index is 1.11. The predicted octanol–water partition coefficient (Wildman–Crippen LogP) is 4.44. The Bertz CT molecular complexity index is 591. The van der Waals surface area contributed by atoms with Gasteiger partial charge in [0.1, 0.15) is 0 Å². The summed E-state index contributed by atoms with van der Waals surface area (Å²) in [7, 11) is 0. The molecule has 0 unspecified atom stereocenters. The first-order valence-corrected chi connectivity index (χ1v) is 6.42. The monoisotopic (exact) mass is 222 g/mol. The molecule has 1 aliphatic rings. The molecule has 86 valence electrons. The van der Waals surface area contributed by atoms with E-state index in [2.05, 4.69) is 51.1 Å². The van der Waals surface area contributed by atoms with Crippen LogP contribution in [-0.4, -0.2) is 0 Å². The van der Waals surface area contributed by atoms with Crippen molar-refractivity contribution in [3.05, 3.63) is 58.1 Å². The van der Waals surface area contributed by atoms with Crippen LogP contribution in [0.1, 0.15) is 34.7 Å². The number of hydrogen-bond acceptors (Lipinski definition) is 0. The molecule has 17 heavy (non-hydrogen) atoms. The van der Waals surface area contributed by atoms with Gasteiger partial charge in [0.2, 0.25) is 0 Å². The quantitative estimate of drug-likeness (QED) is 0.571. The summed E-state index contributed by atoms with van der Waals surface area (Å²) in [6.07, 6.45) is 2.24. The number of hydrogen-bond donors (Lipinski definition) is 0. The van der Waals surface area contributed by atoms with Gasteiger partial charge < -0.3 is 0 Å². The lowest BCUT2D eigenvalue weighted by Crippen LogP contribution is -1.96. The van der Waals surface area contributed by atoms with E-state index in [1.165, 1.54) is 33.4 Å². The summed E-state index contributed by atoms with van der Waals surface area (Å²) >= 11 is 0. The molecule has 2 aromatic rings. The van der Waals surface area contributed by atoms with Crippen molar-refractivity contribution in [2.45, 2.75) is 33.6 Å². The predicted molar refractivity (Wildman–Crippen MR) is 73.5 cm³/mol. The van der Waals surface area contributed by atoms with Crippen molar-refractivity contribution in [1.29, 1.82) is 0 Å². The van der Waals surface area contributed by atoms with Crippen LogP contribution in [0.3, 0.4) is 0 Å². The summed E-state index contributed by atoms with van der Waals surface area (Å²) < 4.78 is 0. The average molecular weight is 222 g/mol. The third-order valence-corrected chi connectivity index (χ3v) is 4.20. The Morgan fingerprint density at radius 1 is 1.00 bits per heavy atom. The lowest BCUT2D eigenvalue weighted by molar-refractivity contribution is 1.08. The van der Waals surface area contributed by atoms with Crippen molar-refractivity contribution < 1.29 is 0 Å². The molecule has 0 atom stereocenters. The first-order valence-electron chi connectivity index (χ1n) is 6.42. The topological polar surface area (TPSA) is 0 Å². The second-order valence-corrected chi connectivity index (χ2v) is 5.00. The highest BCUT2D eigenvalue weighted by Gasteiger charge is 2.21. The molecule has 0 saturated carbocycles. The fourth-order valence-electron chi connectivity index (χ4n) is 3.00. The van der Waals surface area contributed by atoms with E-state index < -0.39 is 0 Å². The van der Waals surface area contributed by atoms with Crippen LogP contribution in [0.2, 0.25) is 0 Å². The SMILES string of the molecule is CCc1cc2c(c(C)c1C)Cc1ccccc1-2. The molecule has 0 fully saturated rings. The Morgan fingerprint density at radius 3 is 2.53 bits per heavy atom. The number of aryl methyl sites for hydroxylation is 1. The average Bonchev–Trinajstić information content (AvgIpc) is 2.72. The molecule has 0 N–H and O–H groups in total. The fourth-order valence-corrected chi connectivity index (χ4v) is 3.00. The van der Waals surface area contributed by atoms with Crippen LogP contribution < -0.4 is 0 Å². The number of rotatable bonds is 1. The number of fused-ring (bicyclic) bond motifs is 3. The molecule has 0 radical (unpaired) electrons. The Hall–Kier alpha value is -1.56. The van der Waals surface area contributed by atoms with Crippen molar-refractivity contribution in [1.82, 2.24) is 0 Å². The van der Waals surface area contributed by atoms with Crippen LogP contribution in [0.25, 0.3) is 11.1 Å².